The van der Waals surface area contributed by atoms with Crippen LogP contribution >= 0.6 is 24.0 Å². The molecule has 0 saturated carbocycles. The average molecular weight is 495 g/mol. The fourth-order valence-electron chi connectivity index (χ4n) is 3.21. The fraction of sp³-hybridized carbons (Fsp3) is 0.409. The van der Waals surface area contributed by atoms with E-state index in [0.29, 0.717) is 13.0 Å². The van der Waals surface area contributed by atoms with Crippen LogP contribution in [0.25, 0.3) is 0 Å². The van der Waals surface area contributed by atoms with E-state index >= 15 is 0 Å². The lowest BCUT2D eigenvalue weighted by Gasteiger charge is -2.13. The number of fused-ring (bicyclic) bond motifs is 1. The van der Waals surface area contributed by atoms with Crippen LogP contribution in [0.2, 0.25) is 0 Å². The van der Waals surface area contributed by atoms with Crippen molar-refractivity contribution in [1.82, 2.24) is 10.6 Å². The molecule has 2 aromatic carbocycles. The largest absolute Gasteiger partial charge is 0.493 e. The number of halogens is 1. The summed E-state index contributed by atoms with van der Waals surface area (Å²) in [5.41, 5.74) is 3.72. The molecule has 0 spiro atoms. The Morgan fingerprint density at radius 3 is 2.75 bits per heavy atom. The van der Waals surface area contributed by atoms with Gasteiger partial charge >= 0.3 is 0 Å². The number of nitrogens with zero attached hydrogens (tertiary/aromatic N) is 1. The van der Waals surface area contributed by atoms with E-state index in [1.165, 1.54) is 11.1 Å². The number of aliphatic imine (C=N–C) groups is 1. The molecule has 1 heterocycles. The molecule has 6 heteroatoms. The van der Waals surface area contributed by atoms with E-state index in [1.807, 2.05) is 37.3 Å². The molecule has 0 aromatic heterocycles. The van der Waals surface area contributed by atoms with Gasteiger partial charge in [0.2, 0.25) is 0 Å². The first-order chi connectivity index (χ1) is 13.2. The van der Waals surface area contributed by atoms with E-state index in [2.05, 4.69) is 33.8 Å². The van der Waals surface area contributed by atoms with Gasteiger partial charge in [0.15, 0.2) is 5.96 Å². The highest BCUT2D eigenvalue weighted by Crippen LogP contribution is 2.25. The van der Waals surface area contributed by atoms with E-state index in [0.717, 1.165) is 49.8 Å². The molecule has 2 aromatic rings. The molecular formula is C22H30IN3O2. The van der Waals surface area contributed by atoms with Crippen molar-refractivity contribution >= 4 is 29.9 Å². The second-order valence-electron chi connectivity index (χ2n) is 6.78. The van der Waals surface area contributed by atoms with Crippen molar-refractivity contribution in [3.63, 3.8) is 0 Å². The standard InChI is InChI=1S/C22H29N3O2.HI/c1-2-23-22(25-16-20(26)15-17-6-4-3-5-7-17)24-12-10-18-8-9-21-19(14-18)11-13-27-21;/h3-9,14,20,26H,2,10-13,15-16H2,1H3,(H2,23,24,25);1H. The summed E-state index contributed by atoms with van der Waals surface area (Å²) >= 11 is 0. The van der Waals surface area contributed by atoms with Gasteiger partial charge in [0.25, 0.3) is 0 Å². The summed E-state index contributed by atoms with van der Waals surface area (Å²) in [6.07, 6.45) is 2.05. The van der Waals surface area contributed by atoms with Gasteiger partial charge in [0, 0.05) is 25.9 Å². The van der Waals surface area contributed by atoms with E-state index in [4.69, 9.17) is 4.74 Å². The minimum absolute atomic E-state index is 0. The van der Waals surface area contributed by atoms with Crippen LogP contribution in [0.15, 0.2) is 53.5 Å². The maximum Gasteiger partial charge on any atom is 0.191 e. The molecule has 0 radical (unpaired) electrons. The van der Waals surface area contributed by atoms with Crippen molar-refractivity contribution in [3.05, 3.63) is 65.2 Å². The molecule has 0 aliphatic carbocycles. The Bertz CT molecular complexity index is 753. The van der Waals surface area contributed by atoms with Crippen LogP contribution in [0.4, 0.5) is 0 Å². The highest BCUT2D eigenvalue weighted by atomic mass is 127. The predicted molar refractivity (Wildman–Crippen MR) is 125 cm³/mol. The third-order valence-electron chi connectivity index (χ3n) is 4.58. The molecule has 1 atom stereocenters. The second kappa shape index (κ2) is 11.9. The summed E-state index contributed by atoms with van der Waals surface area (Å²) in [6.45, 7) is 4.79. The summed E-state index contributed by atoms with van der Waals surface area (Å²) in [4.78, 5) is 4.52. The molecule has 5 nitrogen and oxygen atoms in total. The minimum Gasteiger partial charge on any atom is -0.493 e. The number of ether oxygens (including phenoxy) is 1. The SMILES string of the molecule is CCNC(=NCC(O)Cc1ccccc1)NCCc1ccc2c(c1)CCO2.I. The number of nitrogens with one attached hydrogen (secondary N) is 2. The zero-order chi connectivity index (χ0) is 18.9. The molecule has 1 aliphatic rings. The van der Waals surface area contributed by atoms with Gasteiger partial charge in [-0.15, -0.1) is 24.0 Å². The second-order valence-corrected chi connectivity index (χ2v) is 6.78. The van der Waals surface area contributed by atoms with Crippen LogP contribution < -0.4 is 15.4 Å². The van der Waals surface area contributed by atoms with Crippen LogP contribution in [0.3, 0.4) is 0 Å². The van der Waals surface area contributed by atoms with Crippen molar-refractivity contribution in [2.45, 2.75) is 32.3 Å². The predicted octanol–water partition coefficient (Wildman–Crippen LogP) is 2.94. The highest BCUT2D eigenvalue weighted by Gasteiger charge is 2.12. The Morgan fingerprint density at radius 1 is 1.14 bits per heavy atom. The van der Waals surface area contributed by atoms with Gasteiger partial charge in [-0.2, -0.15) is 0 Å². The van der Waals surface area contributed by atoms with Gasteiger partial charge < -0.3 is 20.5 Å². The van der Waals surface area contributed by atoms with Gasteiger partial charge in [-0.05, 0) is 36.1 Å². The highest BCUT2D eigenvalue weighted by molar-refractivity contribution is 14.0. The lowest BCUT2D eigenvalue weighted by Crippen LogP contribution is -2.39. The molecule has 152 valence electrons. The molecule has 0 fully saturated rings. The molecule has 0 saturated heterocycles. The van der Waals surface area contributed by atoms with Crippen LogP contribution in [0.1, 0.15) is 23.6 Å². The lowest BCUT2D eigenvalue weighted by molar-refractivity contribution is 0.183. The zero-order valence-corrected chi connectivity index (χ0v) is 18.7. The molecule has 28 heavy (non-hydrogen) atoms. The average Bonchev–Trinajstić information content (AvgIpc) is 3.15. The third-order valence-corrected chi connectivity index (χ3v) is 4.58. The van der Waals surface area contributed by atoms with Gasteiger partial charge in [0.05, 0.1) is 19.3 Å². The Hall–Kier alpha value is -1.80. The third kappa shape index (κ3) is 6.98. The minimum atomic E-state index is -0.487. The normalized spacial score (nSPS) is 13.9. The smallest absolute Gasteiger partial charge is 0.191 e. The van der Waals surface area contributed by atoms with E-state index in [9.17, 15) is 5.11 Å². The Balaban J connectivity index is 0.00000280. The molecule has 3 N–H and O–H groups in total. The van der Waals surface area contributed by atoms with Gasteiger partial charge in [-0.3, -0.25) is 4.99 Å². The first kappa shape index (κ1) is 22.5. The summed E-state index contributed by atoms with van der Waals surface area (Å²) < 4.78 is 5.56. The maximum atomic E-state index is 10.2. The van der Waals surface area contributed by atoms with Crippen LogP contribution in [-0.4, -0.2) is 43.4 Å². The first-order valence-corrected chi connectivity index (χ1v) is 9.73. The molecular weight excluding hydrogens is 465 g/mol. The number of aliphatic hydroxyl groups excluding tert-OH is 1. The number of rotatable bonds is 8. The van der Waals surface area contributed by atoms with Crippen molar-refractivity contribution in [1.29, 1.82) is 0 Å². The number of hydrogen-bond acceptors (Lipinski definition) is 3. The van der Waals surface area contributed by atoms with Crippen LogP contribution in [0, 0.1) is 0 Å². The monoisotopic (exact) mass is 495 g/mol. The van der Waals surface area contributed by atoms with Crippen LogP contribution in [-0.2, 0) is 19.3 Å². The first-order valence-electron chi connectivity index (χ1n) is 9.73. The fourth-order valence-corrected chi connectivity index (χ4v) is 3.21. The number of benzene rings is 2. The summed E-state index contributed by atoms with van der Waals surface area (Å²) in [7, 11) is 0. The maximum absolute atomic E-state index is 10.2. The Labute approximate surface area is 184 Å². The van der Waals surface area contributed by atoms with Crippen molar-refractivity contribution < 1.29 is 9.84 Å². The molecule has 3 rings (SSSR count). The van der Waals surface area contributed by atoms with Gasteiger partial charge in [-0.25, -0.2) is 0 Å². The van der Waals surface area contributed by atoms with E-state index in [1.54, 1.807) is 0 Å². The summed E-state index contributed by atoms with van der Waals surface area (Å²) in [5.74, 6) is 1.77. The number of aliphatic hydroxyl groups is 1. The van der Waals surface area contributed by atoms with Gasteiger partial charge in [0.1, 0.15) is 5.75 Å². The number of guanidine groups is 1. The Morgan fingerprint density at radius 2 is 1.96 bits per heavy atom. The Kier molecular flexibility index (Phi) is 9.57. The number of hydrogen-bond donors (Lipinski definition) is 3. The topological polar surface area (TPSA) is 65.9 Å². The molecule has 0 bridgehead atoms. The summed E-state index contributed by atoms with van der Waals surface area (Å²) in [5, 5.41) is 16.8. The van der Waals surface area contributed by atoms with Crippen molar-refractivity contribution in [2.24, 2.45) is 4.99 Å². The van der Waals surface area contributed by atoms with Crippen molar-refractivity contribution in [3.8, 4) is 5.75 Å². The quantitative estimate of drug-likeness (QED) is 0.300. The molecule has 0 amide bonds. The summed E-state index contributed by atoms with van der Waals surface area (Å²) in [6, 6.07) is 16.4. The van der Waals surface area contributed by atoms with E-state index < -0.39 is 6.10 Å². The van der Waals surface area contributed by atoms with Gasteiger partial charge in [-0.1, -0.05) is 42.5 Å². The molecule has 1 unspecified atom stereocenters. The van der Waals surface area contributed by atoms with Crippen LogP contribution in [0.5, 0.6) is 5.75 Å². The lowest BCUT2D eigenvalue weighted by atomic mass is 10.1. The molecule has 1 aliphatic heterocycles. The van der Waals surface area contributed by atoms with Crippen molar-refractivity contribution in [2.75, 3.05) is 26.2 Å². The zero-order valence-electron chi connectivity index (χ0n) is 16.4. The van der Waals surface area contributed by atoms with E-state index in [-0.39, 0.29) is 24.0 Å².